The summed E-state index contributed by atoms with van der Waals surface area (Å²) < 4.78 is 5.37. The first-order chi connectivity index (χ1) is 12.0. The smallest absolute Gasteiger partial charge is 0.222 e. The zero-order chi connectivity index (χ0) is 19.9. The number of ether oxygens (including phenoxy) is 1. The van der Waals surface area contributed by atoms with Crippen molar-refractivity contribution < 1.29 is 63.3 Å². The summed E-state index contributed by atoms with van der Waals surface area (Å²) in [5, 5.41) is 3.16. The number of methoxy groups -OCH3 is 1. The number of hydrogen-bond donors (Lipinski definition) is 1. The zero-order valence-corrected chi connectivity index (χ0v) is 25.7. The van der Waals surface area contributed by atoms with Gasteiger partial charge >= 0.3 is 0 Å². The first-order valence-corrected chi connectivity index (χ1v) is 9.82. The van der Waals surface area contributed by atoms with E-state index in [1.165, 1.54) is 0 Å². The standard InChI is InChI=1S/C16H22NO2.3C2H6.CH3.W.Y/c1-12-6-4-5-7-13(12)10-15(18)17-16(2)9-8-14(11-16)19-3;3*1-2;;;/h4-6,14H,8-11H2,1-3H3,(H,17,18);3*1-2H3;1H3;;/q-1;;;;-1;;. The van der Waals surface area contributed by atoms with Crippen molar-refractivity contribution >= 4 is 5.91 Å². The average molecular weight is 638 g/mol. The van der Waals surface area contributed by atoms with Crippen LogP contribution in [0.2, 0.25) is 0 Å². The van der Waals surface area contributed by atoms with Crippen molar-refractivity contribution in [2.24, 2.45) is 0 Å². The molecule has 0 bridgehead atoms. The minimum Gasteiger partial charge on any atom is -0.381 e. The molecule has 0 aliphatic heterocycles. The molecule has 1 N–H and O–H groups in total. The van der Waals surface area contributed by atoms with Crippen LogP contribution in [0.25, 0.3) is 0 Å². The fourth-order valence-corrected chi connectivity index (χ4v) is 2.79. The molecule has 1 aliphatic carbocycles. The molecule has 0 spiro atoms. The average Bonchev–Trinajstić information content (AvgIpc) is 3.03. The van der Waals surface area contributed by atoms with Gasteiger partial charge in [-0.3, -0.25) is 4.79 Å². The molecule has 0 aromatic heterocycles. The molecule has 2 atom stereocenters. The Labute approximate surface area is 215 Å². The van der Waals surface area contributed by atoms with Crippen molar-refractivity contribution in [1.82, 2.24) is 5.32 Å². The van der Waals surface area contributed by atoms with Crippen LogP contribution in [0.4, 0.5) is 0 Å². The zero-order valence-electron chi connectivity index (χ0n) is 19.9. The molecule has 1 radical (unpaired) electrons. The van der Waals surface area contributed by atoms with Gasteiger partial charge in [-0.05, 0) is 26.2 Å². The molecule has 163 valence electrons. The molecule has 0 heterocycles. The molecule has 2 rings (SSSR count). The molecule has 1 aromatic rings. The SMILES string of the molecule is CC.CC.CC.COC1CCC(C)(NC(=O)Cc2[c-]cccc2C)C1.[CH3-].[W].[Y]. The van der Waals surface area contributed by atoms with Crippen molar-refractivity contribution in [3.05, 3.63) is 42.8 Å². The minimum atomic E-state index is -0.125. The Balaban J connectivity index is -0.000000179. The van der Waals surface area contributed by atoms with Crippen LogP contribution < -0.4 is 5.32 Å². The molecule has 1 aliphatic rings. The second-order valence-electron chi connectivity index (χ2n) is 5.72. The second-order valence-corrected chi connectivity index (χ2v) is 5.72. The predicted octanol–water partition coefficient (Wildman–Crippen LogP) is 5.94. The maximum absolute atomic E-state index is 12.1. The van der Waals surface area contributed by atoms with Crippen molar-refractivity contribution in [3.63, 3.8) is 0 Å². The molecule has 1 amide bonds. The molecule has 0 saturated heterocycles. The first kappa shape index (κ1) is 39.0. The number of rotatable bonds is 4. The molecule has 1 fully saturated rings. The van der Waals surface area contributed by atoms with Crippen LogP contribution >= 0.6 is 0 Å². The van der Waals surface area contributed by atoms with Gasteiger partial charge in [-0.15, -0.1) is 0 Å². The number of nitrogens with one attached hydrogen (secondary N) is 1. The van der Waals surface area contributed by atoms with E-state index in [0.29, 0.717) is 6.42 Å². The van der Waals surface area contributed by atoms with Gasteiger partial charge < -0.3 is 17.5 Å². The van der Waals surface area contributed by atoms with Gasteiger partial charge in [0.15, 0.2) is 0 Å². The van der Waals surface area contributed by atoms with E-state index in [4.69, 9.17) is 4.74 Å². The van der Waals surface area contributed by atoms with Crippen LogP contribution in [0.1, 0.15) is 78.9 Å². The molecule has 2 unspecified atom stereocenters. The predicted molar refractivity (Wildman–Crippen MR) is 115 cm³/mol. The number of aryl methyl sites for hydroxylation is 1. The summed E-state index contributed by atoms with van der Waals surface area (Å²) in [6.07, 6.45) is 3.57. The van der Waals surface area contributed by atoms with Crippen LogP contribution in [-0.4, -0.2) is 24.7 Å². The molecule has 5 heteroatoms. The third-order valence-electron chi connectivity index (χ3n) is 3.98. The van der Waals surface area contributed by atoms with E-state index in [-0.39, 0.29) is 78.8 Å². The summed E-state index contributed by atoms with van der Waals surface area (Å²) in [7, 11) is 1.74. The fourth-order valence-electron chi connectivity index (χ4n) is 2.79. The third-order valence-corrected chi connectivity index (χ3v) is 3.98. The van der Waals surface area contributed by atoms with Crippen LogP contribution in [0.3, 0.4) is 0 Å². The number of carbonyl (C=O) groups is 1. The molecule has 1 aromatic carbocycles. The van der Waals surface area contributed by atoms with Crippen LogP contribution in [-0.2, 0) is 69.7 Å². The topological polar surface area (TPSA) is 38.3 Å². The Bertz CT molecular complexity index is 472. The molecular weight excluding hydrogens is 595 g/mol. The summed E-state index contributed by atoms with van der Waals surface area (Å²) in [6, 6.07) is 8.95. The third kappa shape index (κ3) is 15.3. The molecule has 3 nitrogen and oxygen atoms in total. The van der Waals surface area contributed by atoms with E-state index in [0.717, 1.165) is 30.4 Å². The monoisotopic (exact) mass is 638 g/mol. The van der Waals surface area contributed by atoms with Crippen LogP contribution in [0, 0.1) is 20.4 Å². The molecule has 1 saturated carbocycles. The number of amides is 1. The van der Waals surface area contributed by atoms with Gasteiger partial charge in [0.05, 0.1) is 6.10 Å². The normalized spacial score (nSPS) is 18.5. The van der Waals surface area contributed by atoms with Gasteiger partial charge in [-0.2, -0.15) is 35.4 Å². The van der Waals surface area contributed by atoms with E-state index < -0.39 is 0 Å². The first-order valence-electron chi connectivity index (χ1n) is 9.82. The van der Waals surface area contributed by atoms with Crippen molar-refractivity contribution in [3.8, 4) is 0 Å². The van der Waals surface area contributed by atoms with Crippen LogP contribution in [0.15, 0.2) is 18.2 Å². The Morgan fingerprint density at radius 3 is 2.21 bits per heavy atom. The van der Waals surface area contributed by atoms with E-state index in [1.54, 1.807) is 7.11 Å². The quantitative estimate of drug-likeness (QED) is 0.416. The van der Waals surface area contributed by atoms with Gasteiger partial charge in [-0.25, -0.2) is 0 Å². The van der Waals surface area contributed by atoms with E-state index >= 15 is 0 Å². The summed E-state index contributed by atoms with van der Waals surface area (Å²) >= 11 is 0. The van der Waals surface area contributed by atoms with Gasteiger partial charge in [0.2, 0.25) is 5.91 Å². The number of benzene rings is 1. The molecular formula is C23H43NO2WY-2. The number of carbonyl (C=O) groups excluding carboxylic acids is 1. The summed E-state index contributed by atoms with van der Waals surface area (Å²) in [6.45, 7) is 16.1. The number of hydrogen-bond acceptors (Lipinski definition) is 2. The maximum Gasteiger partial charge on any atom is 0.222 e. The molecule has 28 heavy (non-hydrogen) atoms. The van der Waals surface area contributed by atoms with Gasteiger partial charge in [-0.1, -0.05) is 48.5 Å². The fraction of sp³-hybridized carbons (Fsp3) is 0.652. The van der Waals surface area contributed by atoms with E-state index in [1.807, 2.05) is 66.7 Å². The Kier molecular flexibility index (Phi) is 33.0. The van der Waals surface area contributed by atoms with E-state index in [2.05, 4.69) is 18.3 Å². The largest absolute Gasteiger partial charge is 0.381 e. The Hall–Kier alpha value is 0.442. The summed E-state index contributed by atoms with van der Waals surface area (Å²) in [5.74, 6) is 0.0739. The second kappa shape index (κ2) is 23.7. The van der Waals surface area contributed by atoms with Gasteiger partial charge in [0.1, 0.15) is 0 Å². The van der Waals surface area contributed by atoms with Gasteiger partial charge in [0.25, 0.3) is 0 Å². The minimum absolute atomic E-state index is 0. The van der Waals surface area contributed by atoms with Crippen LogP contribution in [0.5, 0.6) is 0 Å². The maximum atomic E-state index is 12.1. The summed E-state index contributed by atoms with van der Waals surface area (Å²) in [5.41, 5.74) is 1.97. The van der Waals surface area contributed by atoms with Crippen molar-refractivity contribution in [1.29, 1.82) is 0 Å². The van der Waals surface area contributed by atoms with Crippen molar-refractivity contribution in [2.45, 2.75) is 92.7 Å². The Morgan fingerprint density at radius 1 is 1.25 bits per heavy atom. The van der Waals surface area contributed by atoms with E-state index in [9.17, 15) is 4.79 Å². The Morgan fingerprint density at radius 2 is 1.79 bits per heavy atom. The van der Waals surface area contributed by atoms with Gasteiger partial charge in [0, 0.05) is 72.8 Å². The summed E-state index contributed by atoms with van der Waals surface area (Å²) in [4.78, 5) is 12.1. The van der Waals surface area contributed by atoms with Crippen molar-refractivity contribution in [2.75, 3.05) is 7.11 Å².